The number of furan rings is 1. The van der Waals surface area contributed by atoms with Crippen molar-refractivity contribution in [2.75, 3.05) is 6.54 Å². The molecule has 0 aliphatic rings. The van der Waals surface area contributed by atoms with Gasteiger partial charge in [0.15, 0.2) is 0 Å². The number of benzene rings is 1. The van der Waals surface area contributed by atoms with Crippen LogP contribution in [0.4, 0.5) is 0 Å². The summed E-state index contributed by atoms with van der Waals surface area (Å²) in [5.74, 6) is 0.912. The molecule has 2 heterocycles. The summed E-state index contributed by atoms with van der Waals surface area (Å²) in [6, 6.07) is 10.3. The van der Waals surface area contributed by atoms with Gasteiger partial charge in [0.1, 0.15) is 17.4 Å². The maximum absolute atomic E-state index is 6.07. The fourth-order valence-corrected chi connectivity index (χ4v) is 2.51. The minimum absolute atomic E-state index is 0.00648. The van der Waals surface area contributed by atoms with Crippen molar-refractivity contribution in [3.05, 3.63) is 53.5 Å². The van der Waals surface area contributed by atoms with Gasteiger partial charge in [0.25, 0.3) is 0 Å². The van der Waals surface area contributed by atoms with Crippen LogP contribution in [0, 0.1) is 6.92 Å². The maximum atomic E-state index is 6.07. The van der Waals surface area contributed by atoms with Gasteiger partial charge < -0.3 is 9.73 Å². The molecular weight excluding hydrogens is 250 g/mol. The van der Waals surface area contributed by atoms with Crippen LogP contribution < -0.4 is 5.32 Å². The number of nitrogens with one attached hydrogen (secondary N) is 1. The Kier molecular flexibility index (Phi) is 3.32. The molecule has 0 saturated carbocycles. The molecule has 1 atom stereocenters. The number of rotatable bonds is 4. The highest BCUT2D eigenvalue weighted by Crippen LogP contribution is 2.29. The molecule has 1 aromatic carbocycles. The summed E-state index contributed by atoms with van der Waals surface area (Å²) >= 11 is 0. The van der Waals surface area contributed by atoms with E-state index in [-0.39, 0.29) is 6.04 Å². The lowest BCUT2D eigenvalue weighted by atomic mass is 10.1. The number of fused-ring (bicyclic) bond motifs is 1. The third-order valence-electron chi connectivity index (χ3n) is 3.48. The van der Waals surface area contributed by atoms with Crippen molar-refractivity contribution in [1.29, 1.82) is 0 Å². The predicted molar refractivity (Wildman–Crippen MR) is 79.7 cm³/mol. The maximum Gasteiger partial charge on any atom is 0.137 e. The summed E-state index contributed by atoms with van der Waals surface area (Å²) in [6.45, 7) is 5.01. The van der Waals surface area contributed by atoms with Gasteiger partial charge in [-0.2, -0.15) is 5.10 Å². The van der Waals surface area contributed by atoms with Crippen LogP contribution in [-0.2, 0) is 7.05 Å². The third kappa shape index (κ3) is 2.23. The van der Waals surface area contributed by atoms with E-state index in [1.807, 2.05) is 24.0 Å². The zero-order chi connectivity index (χ0) is 14.1. The number of aryl methyl sites for hydroxylation is 2. The number of hydrogen-bond donors (Lipinski definition) is 1. The van der Waals surface area contributed by atoms with Crippen LogP contribution in [0.3, 0.4) is 0 Å². The van der Waals surface area contributed by atoms with Gasteiger partial charge in [0.2, 0.25) is 0 Å². The van der Waals surface area contributed by atoms with E-state index in [0.29, 0.717) is 0 Å². The lowest BCUT2D eigenvalue weighted by Gasteiger charge is -2.12. The molecule has 3 rings (SSSR count). The largest absolute Gasteiger partial charge is 0.459 e. The molecule has 0 saturated heterocycles. The highest BCUT2D eigenvalue weighted by Gasteiger charge is 2.20. The average molecular weight is 269 g/mol. The fraction of sp³-hybridized carbons (Fsp3) is 0.312. The van der Waals surface area contributed by atoms with E-state index in [1.165, 1.54) is 0 Å². The Morgan fingerprint density at radius 1 is 1.35 bits per heavy atom. The normalized spacial score (nSPS) is 12.9. The summed E-state index contributed by atoms with van der Waals surface area (Å²) in [6.07, 6.45) is 1.95. The molecule has 1 N–H and O–H groups in total. The second-order valence-corrected chi connectivity index (χ2v) is 5.05. The molecule has 4 heteroatoms. The first-order valence-corrected chi connectivity index (χ1v) is 6.91. The first-order valence-electron chi connectivity index (χ1n) is 6.91. The van der Waals surface area contributed by atoms with Gasteiger partial charge >= 0.3 is 0 Å². The first-order chi connectivity index (χ1) is 9.69. The minimum atomic E-state index is -0.00648. The highest BCUT2D eigenvalue weighted by atomic mass is 16.3. The summed E-state index contributed by atoms with van der Waals surface area (Å²) in [4.78, 5) is 0. The molecule has 104 valence electrons. The summed E-state index contributed by atoms with van der Waals surface area (Å²) in [7, 11) is 1.93. The monoisotopic (exact) mass is 269 g/mol. The molecule has 4 nitrogen and oxygen atoms in total. The van der Waals surface area contributed by atoms with Crippen molar-refractivity contribution in [2.24, 2.45) is 7.05 Å². The second kappa shape index (κ2) is 5.13. The fourth-order valence-electron chi connectivity index (χ4n) is 2.51. The SMILES string of the molecule is CCNC(c1ccn(C)n1)c1cc2cccc(C)c2o1. The Hall–Kier alpha value is -2.07. The average Bonchev–Trinajstić information content (AvgIpc) is 3.03. The molecule has 2 aromatic heterocycles. The molecule has 0 aliphatic carbocycles. The Labute approximate surface area is 118 Å². The lowest BCUT2D eigenvalue weighted by Crippen LogP contribution is -2.22. The molecule has 1 unspecified atom stereocenters. The molecule has 0 fully saturated rings. The van der Waals surface area contributed by atoms with Gasteiger partial charge in [-0.15, -0.1) is 0 Å². The van der Waals surface area contributed by atoms with Crippen LogP contribution >= 0.6 is 0 Å². The van der Waals surface area contributed by atoms with Crippen LogP contribution in [0.25, 0.3) is 11.0 Å². The Bertz CT molecular complexity index is 726. The van der Waals surface area contributed by atoms with Crippen LogP contribution in [0.15, 0.2) is 40.9 Å². The second-order valence-electron chi connectivity index (χ2n) is 5.05. The predicted octanol–water partition coefficient (Wildman–Crippen LogP) is 3.17. The Morgan fingerprint density at radius 3 is 2.85 bits per heavy atom. The van der Waals surface area contributed by atoms with Crippen molar-refractivity contribution < 1.29 is 4.42 Å². The molecule has 0 aliphatic heterocycles. The first kappa shape index (κ1) is 12.9. The van der Waals surface area contributed by atoms with Gasteiger partial charge in [-0.3, -0.25) is 4.68 Å². The molecule has 3 aromatic rings. The van der Waals surface area contributed by atoms with Crippen molar-refractivity contribution >= 4 is 11.0 Å². The number of aromatic nitrogens is 2. The van der Waals surface area contributed by atoms with Crippen LogP contribution in [0.5, 0.6) is 0 Å². The Balaban J connectivity index is 2.07. The van der Waals surface area contributed by atoms with E-state index in [1.54, 1.807) is 0 Å². The summed E-state index contributed by atoms with van der Waals surface area (Å²) in [5, 5.41) is 9.07. The molecule has 20 heavy (non-hydrogen) atoms. The van der Waals surface area contributed by atoms with Gasteiger partial charge in [0.05, 0.1) is 5.69 Å². The summed E-state index contributed by atoms with van der Waals surface area (Å²) < 4.78 is 7.88. The number of para-hydroxylation sites is 1. The van der Waals surface area contributed by atoms with E-state index in [4.69, 9.17) is 4.42 Å². The van der Waals surface area contributed by atoms with Crippen LogP contribution in [-0.4, -0.2) is 16.3 Å². The standard InChI is InChI=1S/C16H19N3O/c1-4-17-15(13-8-9-19(3)18-13)14-10-12-7-5-6-11(2)16(12)20-14/h5-10,15,17H,4H2,1-3H3. The molecule has 0 bridgehead atoms. The van der Waals surface area contributed by atoms with Gasteiger partial charge in [0, 0.05) is 18.6 Å². The topological polar surface area (TPSA) is 43.0 Å². The summed E-state index contributed by atoms with van der Waals surface area (Å²) in [5.41, 5.74) is 3.09. The molecule has 0 spiro atoms. The van der Waals surface area contributed by atoms with Crippen LogP contribution in [0.1, 0.15) is 30.0 Å². The van der Waals surface area contributed by atoms with E-state index in [9.17, 15) is 0 Å². The van der Waals surface area contributed by atoms with Crippen molar-refractivity contribution in [3.63, 3.8) is 0 Å². The lowest BCUT2D eigenvalue weighted by molar-refractivity contribution is 0.467. The van der Waals surface area contributed by atoms with Crippen molar-refractivity contribution in [2.45, 2.75) is 19.9 Å². The van der Waals surface area contributed by atoms with E-state index in [2.05, 4.69) is 48.5 Å². The van der Waals surface area contributed by atoms with E-state index in [0.717, 1.165) is 34.5 Å². The van der Waals surface area contributed by atoms with E-state index >= 15 is 0 Å². The molecule has 0 amide bonds. The number of nitrogens with zero attached hydrogens (tertiary/aromatic N) is 2. The molecular formula is C16H19N3O. The quantitative estimate of drug-likeness (QED) is 0.791. The van der Waals surface area contributed by atoms with Gasteiger partial charge in [-0.05, 0) is 31.2 Å². The van der Waals surface area contributed by atoms with Gasteiger partial charge in [-0.25, -0.2) is 0 Å². The highest BCUT2D eigenvalue weighted by molar-refractivity contribution is 5.81. The van der Waals surface area contributed by atoms with Crippen LogP contribution in [0.2, 0.25) is 0 Å². The number of hydrogen-bond acceptors (Lipinski definition) is 3. The van der Waals surface area contributed by atoms with Crippen molar-refractivity contribution in [3.8, 4) is 0 Å². The zero-order valence-corrected chi connectivity index (χ0v) is 12.1. The Morgan fingerprint density at radius 2 is 2.20 bits per heavy atom. The van der Waals surface area contributed by atoms with E-state index < -0.39 is 0 Å². The van der Waals surface area contributed by atoms with Gasteiger partial charge in [-0.1, -0.05) is 25.1 Å². The molecule has 0 radical (unpaired) electrons. The van der Waals surface area contributed by atoms with Crippen molar-refractivity contribution in [1.82, 2.24) is 15.1 Å². The third-order valence-corrected chi connectivity index (χ3v) is 3.48. The smallest absolute Gasteiger partial charge is 0.137 e. The zero-order valence-electron chi connectivity index (χ0n) is 12.1. The minimum Gasteiger partial charge on any atom is -0.459 e.